The Morgan fingerprint density at radius 2 is 1.94 bits per heavy atom. The van der Waals surface area contributed by atoms with Crippen LogP contribution in [0.2, 0.25) is 0 Å². The van der Waals surface area contributed by atoms with E-state index in [4.69, 9.17) is 4.52 Å². The molecule has 0 amide bonds. The summed E-state index contributed by atoms with van der Waals surface area (Å²) >= 11 is 0. The van der Waals surface area contributed by atoms with Crippen molar-refractivity contribution in [3.05, 3.63) is 29.3 Å². The van der Waals surface area contributed by atoms with Gasteiger partial charge in [0.15, 0.2) is 0 Å². The molecule has 4 heteroatoms. The number of benzene rings is 1. The van der Waals surface area contributed by atoms with Gasteiger partial charge in [0.2, 0.25) is 0 Å². The van der Waals surface area contributed by atoms with Crippen LogP contribution in [0.3, 0.4) is 0 Å². The standard InChI is InChI=1S/C12H19O3P/c1-4-10-8-7-9-12(11(10)5-2)15-16(13,14)6-3/h7-9H,4-6H2,1-3H3,(H,13,14). The highest BCUT2D eigenvalue weighted by atomic mass is 31.2. The maximum atomic E-state index is 11.6. The van der Waals surface area contributed by atoms with Crippen molar-refractivity contribution in [2.45, 2.75) is 33.6 Å². The molecule has 1 N–H and O–H groups in total. The fourth-order valence-corrected chi connectivity index (χ4v) is 2.25. The molecule has 1 aromatic rings. The molecule has 90 valence electrons. The summed E-state index contributed by atoms with van der Waals surface area (Å²) in [7, 11) is -3.47. The third kappa shape index (κ3) is 3.10. The number of rotatable bonds is 5. The van der Waals surface area contributed by atoms with Crippen molar-refractivity contribution in [1.29, 1.82) is 0 Å². The molecule has 1 atom stereocenters. The summed E-state index contributed by atoms with van der Waals surface area (Å²) in [6, 6.07) is 5.65. The van der Waals surface area contributed by atoms with Crippen LogP contribution in [-0.4, -0.2) is 11.1 Å². The van der Waals surface area contributed by atoms with Crippen LogP contribution in [0, 0.1) is 0 Å². The minimum atomic E-state index is -3.47. The third-order valence-corrected chi connectivity index (χ3v) is 3.89. The fourth-order valence-electron chi connectivity index (χ4n) is 1.65. The first-order chi connectivity index (χ1) is 7.54. The van der Waals surface area contributed by atoms with Gasteiger partial charge in [-0.1, -0.05) is 32.9 Å². The third-order valence-electron chi connectivity index (χ3n) is 2.61. The van der Waals surface area contributed by atoms with Crippen LogP contribution >= 0.6 is 7.60 Å². The minimum Gasteiger partial charge on any atom is -0.424 e. The van der Waals surface area contributed by atoms with E-state index in [1.54, 1.807) is 13.0 Å². The van der Waals surface area contributed by atoms with Crippen LogP contribution in [0.25, 0.3) is 0 Å². The predicted molar refractivity (Wildman–Crippen MR) is 66.2 cm³/mol. The zero-order valence-corrected chi connectivity index (χ0v) is 11.0. The second-order valence-corrected chi connectivity index (χ2v) is 5.74. The molecule has 1 unspecified atom stereocenters. The molecule has 0 saturated heterocycles. The van der Waals surface area contributed by atoms with Crippen molar-refractivity contribution in [1.82, 2.24) is 0 Å². The Labute approximate surface area is 97.0 Å². The van der Waals surface area contributed by atoms with Gasteiger partial charge in [-0.25, -0.2) is 4.57 Å². The number of hydrogen-bond acceptors (Lipinski definition) is 2. The van der Waals surface area contributed by atoms with Gasteiger partial charge < -0.3 is 9.42 Å². The van der Waals surface area contributed by atoms with Gasteiger partial charge in [0.25, 0.3) is 0 Å². The van der Waals surface area contributed by atoms with Gasteiger partial charge >= 0.3 is 7.60 Å². The van der Waals surface area contributed by atoms with E-state index in [9.17, 15) is 9.46 Å². The normalized spacial score (nSPS) is 14.5. The van der Waals surface area contributed by atoms with Crippen LogP contribution in [-0.2, 0) is 17.4 Å². The Hall–Kier alpha value is -0.790. The lowest BCUT2D eigenvalue weighted by Gasteiger charge is -2.16. The Balaban J connectivity index is 3.09. The molecule has 0 saturated carbocycles. The summed E-state index contributed by atoms with van der Waals surface area (Å²) in [6.07, 6.45) is 1.85. The van der Waals surface area contributed by atoms with Gasteiger partial charge in [0.1, 0.15) is 5.75 Å². The summed E-state index contributed by atoms with van der Waals surface area (Å²) in [6.45, 7) is 5.74. The van der Waals surface area contributed by atoms with E-state index in [0.29, 0.717) is 5.75 Å². The molecule has 0 aliphatic heterocycles. The van der Waals surface area contributed by atoms with Gasteiger partial charge in [0.05, 0.1) is 6.16 Å². The monoisotopic (exact) mass is 242 g/mol. The van der Waals surface area contributed by atoms with Crippen molar-refractivity contribution in [2.75, 3.05) is 6.16 Å². The molecule has 0 fully saturated rings. The highest BCUT2D eigenvalue weighted by Crippen LogP contribution is 2.43. The van der Waals surface area contributed by atoms with E-state index in [-0.39, 0.29) is 6.16 Å². The lowest BCUT2D eigenvalue weighted by atomic mass is 10.0. The molecule has 1 aromatic carbocycles. The molecule has 0 aliphatic carbocycles. The molecule has 0 aliphatic rings. The van der Waals surface area contributed by atoms with Crippen LogP contribution in [0.1, 0.15) is 31.9 Å². The molecule has 16 heavy (non-hydrogen) atoms. The SMILES string of the molecule is CCc1cccc(OP(=O)(O)CC)c1CC. The lowest BCUT2D eigenvalue weighted by molar-refractivity contribution is 0.379. The summed E-state index contributed by atoms with van der Waals surface area (Å²) < 4.78 is 16.8. The smallest absolute Gasteiger partial charge is 0.376 e. The zero-order valence-electron chi connectivity index (χ0n) is 10.1. The Morgan fingerprint density at radius 1 is 1.25 bits per heavy atom. The fraction of sp³-hybridized carbons (Fsp3) is 0.500. The first-order valence-corrected chi connectivity index (χ1v) is 7.42. The average molecular weight is 242 g/mol. The Bertz CT molecular complexity index is 401. The first-order valence-electron chi connectivity index (χ1n) is 5.66. The molecule has 0 spiro atoms. The van der Waals surface area contributed by atoms with Gasteiger partial charge in [-0.3, -0.25) is 0 Å². The summed E-state index contributed by atoms with van der Waals surface area (Å²) in [5.74, 6) is 0.550. The average Bonchev–Trinajstić information content (AvgIpc) is 2.28. The van der Waals surface area contributed by atoms with Crippen molar-refractivity contribution >= 4 is 7.60 Å². The highest BCUT2D eigenvalue weighted by molar-refractivity contribution is 7.53. The van der Waals surface area contributed by atoms with E-state index in [2.05, 4.69) is 6.92 Å². The van der Waals surface area contributed by atoms with E-state index in [0.717, 1.165) is 18.4 Å². The molecule has 1 rings (SSSR count). The first kappa shape index (κ1) is 13.3. The minimum absolute atomic E-state index is 0.131. The summed E-state index contributed by atoms with van der Waals surface area (Å²) in [4.78, 5) is 9.49. The molecule has 0 aromatic heterocycles. The predicted octanol–water partition coefficient (Wildman–Crippen LogP) is 3.40. The van der Waals surface area contributed by atoms with Crippen molar-refractivity contribution < 1.29 is 14.0 Å². The topological polar surface area (TPSA) is 46.5 Å². The molecule has 0 radical (unpaired) electrons. The number of hydrogen-bond donors (Lipinski definition) is 1. The van der Waals surface area contributed by atoms with E-state index in [1.807, 2.05) is 19.1 Å². The second-order valence-electron chi connectivity index (χ2n) is 3.65. The van der Waals surface area contributed by atoms with E-state index < -0.39 is 7.60 Å². The quantitative estimate of drug-likeness (QED) is 0.805. The number of aryl methyl sites for hydroxylation is 1. The van der Waals surface area contributed by atoms with E-state index in [1.165, 1.54) is 5.56 Å². The summed E-state index contributed by atoms with van der Waals surface area (Å²) in [5, 5.41) is 0. The molecule has 3 nitrogen and oxygen atoms in total. The second kappa shape index (κ2) is 5.51. The largest absolute Gasteiger partial charge is 0.424 e. The van der Waals surface area contributed by atoms with Gasteiger partial charge in [-0.15, -0.1) is 0 Å². The van der Waals surface area contributed by atoms with Gasteiger partial charge in [-0.2, -0.15) is 0 Å². The summed E-state index contributed by atoms with van der Waals surface area (Å²) in [5.41, 5.74) is 2.21. The Morgan fingerprint density at radius 3 is 2.44 bits per heavy atom. The molecule has 0 bridgehead atoms. The van der Waals surface area contributed by atoms with Gasteiger partial charge in [-0.05, 0) is 30.0 Å². The molecule has 0 heterocycles. The zero-order chi connectivity index (χ0) is 12.2. The van der Waals surface area contributed by atoms with Crippen LogP contribution < -0.4 is 4.52 Å². The molecular formula is C12H19O3P. The van der Waals surface area contributed by atoms with E-state index >= 15 is 0 Å². The van der Waals surface area contributed by atoms with Crippen molar-refractivity contribution in [3.8, 4) is 5.75 Å². The highest BCUT2D eigenvalue weighted by Gasteiger charge is 2.19. The Kier molecular flexibility index (Phi) is 4.57. The van der Waals surface area contributed by atoms with Crippen molar-refractivity contribution in [3.63, 3.8) is 0 Å². The maximum absolute atomic E-state index is 11.6. The van der Waals surface area contributed by atoms with Crippen LogP contribution in [0.5, 0.6) is 5.75 Å². The van der Waals surface area contributed by atoms with Gasteiger partial charge in [0, 0.05) is 0 Å². The van der Waals surface area contributed by atoms with Crippen molar-refractivity contribution in [2.24, 2.45) is 0 Å². The maximum Gasteiger partial charge on any atom is 0.376 e. The van der Waals surface area contributed by atoms with Crippen LogP contribution in [0.15, 0.2) is 18.2 Å². The van der Waals surface area contributed by atoms with Crippen LogP contribution in [0.4, 0.5) is 0 Å². The lowest BCUT2D eigenvalue weighted by Crippen LogP contribution is -2.00. The molecular weight excluding hydrogens is 223 g/mol.